The number of hydrogen-bond donors (Lipinski definition) is 0. The first-order chi connectivity index (χ1) is 12.2. The molecule has 0 saturated carbocycles. The monoisotopic (exact) mass is 372 g/mol. The molecule has 0 bridgehead atoms. The van der Waals surface area contributed by atoms with Crippen LogP contribution in [0.1, 0.15) is 5.82 Å². The van der Waals surface area contributed by atoms with E-state index in [1.807, 2.05) is 48.5 Å². The van der Waals surface area contributed by atoms with Crippen LogP contribution in [-0.2, 0) is 6.61 Å². The molecule has 0 saturated heterocycles. The summed E-state index contributed by atoms with van der Waals surface area (Å²) in [5.74, 6) is 2.15. The summed E-state index contributed by atoms with van der Waals surface area (Å²) in [6.45, 7) is 0.275. The van der Waals surface area contributed by atoms with Gasteiger partial charge < -0.3 is 9.47 Å². The van der Waals surface area contributed by atoms with Crippen LogP contribution in [0.25, 0.3) is 15.5 Å². The van der Waals surface area contributed by atoms with Gasteiger partial charge in [-0.3, -0.25) is 0 Å². The van der Waals surface area contributed by atoms with Gasteiger partial charge in [-0.15, -0.1) is 10.2 Å². The van der Waals surface area contributed by atoms with E-state index < -0.39 is 0 Å². The molecular weight excluding hydrogens is 360 g/mol. The molecule has 2 aromatic carbocycles. The summed E-state index contributed by atoms with van der Waals surface area (Å²) in [4.78, 5) is 0.721. The molecule has 0 aliphatic rings. The largest absolute Gasteiger partial charge is 0.497 e. The second-order valence-corrected chi connectivity index (χ2v) is 6.58. The summed E-state index contributed by atoms with van der Waals surface area (Å²) in [5.41, 5.74) is 0.988. The van der Waals surface area contributed by atoms with E-state index >= 15 is 0 Å². The summed E-state index contributed by atoms with van der Waals surface area (Å²) in [6.07, 6.45) is 0. The number of nitrogens with zero attached hydrogens (tertiary/aromatic N) is 4. The lowest BCUT2D eigenvalue weighted by Gasteiger charge is -2.05. The summed E-state index contributed by atoms with van der Waals surface area (Å²) in [6, 6.07) is 14.9. The zero-order valence-corrected chi connectivity index (χ0v) is 14.8. The molecule has 0 fully saturated rings. The fourth-order valence-electron chi connectivity index (χ4n) is 2.28. The first-order valence-corrected chi connectivity index (χ1v) is 8.66. The third-order valence-electron chi connectivity index (χ3n) is 3.57. The van der Waals surface area contributed by atoms with Crippen LogP contribution >= 0.6 is 22.9 Å². The van der Waals surface area contributed by atoms with E-state index in [1.54, 1.807) is 11.6 Å². The van der Waals surface area contributed by atoms with Gasteiger partial charge in [-0.2, -0.15) is 9.61 Å². The lowest BCUT2D eigenvalue weighted by atomic mass is 10.2. The number of hydrogen-bond acceptors (Lipinski definition) is 6. The number of halogens is 1. The zero-order chi connectivity index (χ0) is 17.2. The van der Waals surface area contributed by atoms with Crippen molar-refractivity contribution in [2.24, 2.45) is 0 Å². The number of aromatic nitrogens is 4. The van der Waals surface area contributed by atoms with Gasteiger partial charge in [0.2, 0.25) is 4.96 Å². The summed E-state index contributed by atoms with van der Waals surface area (Å²) in [7, 11) is 1.63. The SMILES string of the molecule is COc1ccc(OCc2nnc3sc(-c4ccc(Cl)cc4)nn23)cc1. The van der Waals surface area contributed by atoms with Gasteiger partial charge in [0.25, 0.3) is 0 Å². The zero-order valence-electron chi connectivity index (χ0n) is 13.2. The van der Waals surface area contributed by atoms with Crippen LogP contribution in [0.15, 0.2) is 48.5 Å². The smallest absolute Gasteiger partial charge is 0.235 e. The van der Waals surface area contributed by atoms with Gasteiger partial charge >= 0.3 is 0 Å². The minimum atomic E-state index is 0.275. The van der Waals surface area contributed by atoms with Crippen molar-refractivity contribution in [1.82, 2.24) is 19.8 Å². The number of benzene rings is 2. The molecule has 4 aromatic rings. The van der Waals surface area contributed by atoms with Gasteiger partial charge in [-0.25, -0.2) is 0 Å². The van der Waals surface area contributed by atoms with Crippen molar-refractivity contribution < 1.29 is 9.47 Å². The van der Waals surface area contributed by atoms with E-state index in [0.717, 1.165) is 27.0 Å². The van der Waals surface area contributed by atoms with Crippen molar-refractivity contribution in [3.63, 3.8) is 0 Å². The second kappa shape index (κ2) is 6.70. The quantitative estimate of drug-likeness (QED) is 0.528. The Kier molecular flexibility index (Phi) is 4.25. The molecule has 0 N–H and O–H groups in total. The average Bonchev–Trinajstić information content (AvgIpc) is 3.22. The second-order valence-electron chi connectivity index (χ2n) is 5.19. The van der Waals surface area contributed by atoms with Gasteiger partial charge in [0, 0.05) is 10.6 Å². The number of methoxy groups -OCH3 is 1. The van der Waals surface area contributed by atoms with E-state index in [2.05, 4.69) is 15.3 Å². The summed E-state index contributed by atoms with van der Waals surface area (Å²) >= 11 is 7.40. The Hall–Kier alpha value is -2.64. The molecule has 25 heavy (non-hydrogen) atoms. The van der Waals surface area contributed by atoms with E-state index in [1.165, 1.54) is 11.3 Å². The number of rotatable bonds is 5. The van der Waals surface area contributed by atoms with Crippen LogP contribution in [-0.4, -0.2) is 26.9 Å². The lowest BCUT2D eigenvalue weighted by molar-refractivity contribution is 0.292. The molecule has 0 aliphatic heterocycles. The predicted molar refractivity (Wildman–Crippen MR) is 96.4 cm³/mol. The van der Waals surface area contributed by atoms with Gasteiger partial charge in [0.1, 0.15) is 23.1 Å². The summed E-state index contributed by atoms with van der Waals surface area (Å²) < 4.78 is 12.6. The van der Waals surface area contributed by atoms with Gasteiger partial charge in [-0.1, -0.05) is 35.1 Å². The Morgan fingerprint density at radius 1 is 1.00 bits per heavy atom. The minimum Gasteiger partial charge on any atom is -0.497 e. The van der Waals surface area contributed by atoms with Crippen molar-refractivity contribution in [1.29, 1.82) is 0 Å². The normalized spacial score (nSPS) is 11.0. The van der Waals surface area contributed by atoms with Crippen LogP contribution in [0.5, 0.6) is 11.5 Å². The minimum absolute atomic E-state index is 0.275. The van der Waals surface area contributed by atoms with Crippen molar-refractivity contribution >= 4 is 27.9 Å². The first-order valence-electron chi connectivity index (χ1n) is 7.47. The molecule has 0 spiro atoms. The van der Waals surface area contributed by atoms with Crippen molar-refractivity contribution in [2.45, 2.75) is 6.61 Å². The van der Waals surface area contributed by atoms with E-state index in [0.29, 0.717) is 10.8 Å². The van der Waals surface area contributed by atoms with Crippen LogP contribution < -0.4 is 9.47 Å². The molecule has 126 valence electrons. The molecule has 0 radical (unpaired) electrons. The fraction of sp³-hybridized carbons (Fsp3) is 0.118. The Labute approximate surface area is 152 Å². The first kappa shape index (κ1) is 15.9. The Bertz CT molecular complexity index is 996. The maximum Gasteiger partial charge on any atom is 0.235 e. The number of fused-ring (bicyclic) bond motifs is 1. The maximum absolute atomic E-state index is 5.93. The van der Waals surface area contributed by atoms with Crippen molar-refractivity contribution in [3.8, 4) is 22.1 Å². The van der Waals surface area contributed by atoms with Gasteiger partial charge in [-0.05, 0) is 36.4 Å². The Morgan fingerprint density at radius 3 is 2.44 bits per heavy atom. The molecule has 0 atom stereocenters. The number of ether oxygens (including phenoxy) is 2. The molecule has 8 heteroatoms. The highest BCUT2D eigenvalue weighted by Gasteiger charge is 2.13. The van der Waals surface area contributed by atoms with E-state index in [-0.39, 0.29) is 6.61 Å². The highest BCUT2D eigenvalue weighted by molar-refractivity contribution is 7.19. The fourth-order valence-corrected chi connectivity index (χ4v) is 3.27. The molecule has 0 aliphatic carbocycles. The Balaban J connectivity index is 1.54. The summed E-state index contributed by atoms with van der Waals surface area (Å²) in [5, 5.41) is 14.4. The standard InChI is InChI=1S/C17H13ClN4O2S/c1-23-13-6-8-14(9-7-13)24-10-15-19-20-17-22(15)21-16(25-17)11-2-4-12(18)5-3-11/h2-9H,10H2,1H3. The van der Waals surface area contributed by atoms with Crippen LogP contribution in [0.3, 0.4) is 0 Å². The molecule has 6 nitrogen and oxygen atoms in total. The van der Waals surface area contributed by atoms with Crippen molar-refractivity contribution in [2.75, 3.05) is 7.11 Å². The van der Waals surface area contributed by atoms with Crippen molar-refractivity contribution in [3.05, 3.63) is 59.4 Å². The third kappa shape index (κ3) is 3.29. The lowest BCUT2D eigenvalue weighted by Crippen LogP contribution is -2.02. The molecular formula is C17H13ClN4O2S. The van der Waals surface area contributed by atoms with Crippen LogP contribution in [0.4, 0.5) is 0 Å². The Morgan fingerprint density at radius 2 is 1.72 bits per heavy atom. The molecule has 2 heterocycles. The predicted octanol–water partition coefficient (Wildman–Crippen LogP) is 4.09. The molecule has 2 aromatic heterocycles. The van der Waals surface area contributed by atoms with E-state index in [9.17, 15) is 0 Å². The highest BCUT2D eigenvalue weighted by atomic mass is 35.5. The van der Waals surface area contributed by atoms with Gasteiger partial charge in [0.15, 0.2) is 5.82 Å². The highest BCUT2D eigenvalue weighted by Crippen LogP contribution is 2.27. The van der Waals surface area contributed by atoms with Crippen LogP contribution in [0.2, 0.25) is 5.02 Å². The third-order valence-corrected chi connectivity index (χ3v) is 4.77. The van der Waals surface area contributed by atoms with Crippen LogP contribution in [0, 0.1) is 0 Å². The molecule has 0 unspecified atom stereocenters. The van der Waals surface area contributed by atoms with Gasteiger partial charge in [0.05, 0.1) is 7.11 Å². The molecule has 0 amide bonds. The average molecular weight is 373 g/mol. The topological polar surface area (TPSA) is 61.5 Å². The maximum atomic E-state index is 5.93. The molecule has 4 rings (SSSR count). The van der Waals surface area contributed by atoms with E-state index in [4.69, 9.17) is 21.1 Å².